The molecule has 1 heterocycles. The lowest BCUT2D eigenvalue weighted by atomic mass is 10.2. The first-order valence-electron chi connectivity index (χ1n) is 8.01. The van der Waals surface area contributed by atoms with Gasteiger partial charge in [-0.3, -0.25) is 4.79 Å². The fourth-order valence-electron chi connectivity index (χ4n) is 2.36. The predicted octanol–water partition coefficient (Wildman–Crippen LogP) is 5.59. The van der Waals surface area contributed by atoms with Crippen molar-refractivity contribution in [3.8, 4) is 17.4 Å². The van der Waals surface area contributed by atoms with E-state index in [-0.39, 0.29) is 11.4 Å². The number of amides is 1. The van der Waals surface area contributed by atoms with Crippen molar-refractivity contribution >= 4 is 29.3 Å². The minimum Gasteiger partial charge on any atom is -0.457 e. The Morgan fingerprint density at radius 3 is 2.59 bits per heavy atom. The van der Waals surface area contributed by atoms with Crippen LogP contribution in [-0.2, 0) is 4.79 Å². The molecule has 3 rings (SSSR count). The third-order valence-electron chi connectivity index (χ3n) is 3.84. The van der Waals surface area contributed by atoms with Gasteiger partial charge in [0.25, 0.3) is 5.91 Å². The molecule has 2 aromatic carbocycles. The van der Waals surface area contributed by atoms with Crippen molar-refractivity contribution in [1.29, 1.82) is 5.26 Å². The maximum Gasteiger partial charge on any atom is 0.266 e. The molecule has 0 atom stereocenters. The molecular weight excluding hydrogens is 367 g/mol. The van der Waals surface area contributed by atoms with Crippen LogP contribution in [0.2, 0.25) is 5.02 Å². The summed E-state index contributed by atoms with van der Waals surface area (Å²) in [6, 6.07) is 16.1. The number of benzene rings is 2. The molecule has 1 N–H and O–H groups in total. The highest BCUT2D eigenvalue weighted by Gasteiger charge is 2.12. The molecule has 27 heavy (non-hydrogen) atoms. The van der Waals surface area contributed by atoms with Gasteiger partial charge >= 0.3 is 0 Å². The van der Waals surface area contributed by atoms with Gasteiger partial charge in [0.1, 0.15) is 29.0 Å². The second-order valence-electron chi connectivity index (χ2n) is 5.80. The highest BCUT2D eigenvalue weighted by Crippen LogP contribution is 2.24. The molecule has 0 radical (unpaired) electrons. The number of halogens is 2. The highest BCUT2D eigenvalue weighted by molar-refractivity contribution is 6.31. The molecule has 0 aliphatic heterocycles. The first-order chi connectivity index (χ1) is 13.0. The Morgan fingerprint density at radius 2 is 1.93 bits per heavy atom. The van der Waals surface area contributed by atoms with Crippen LogP contribution in [0, 0.1) is 24.1 Å². The molecule has 3 aromatic rings. The van der Waals surface area contributed by atoms with Gasteiger partial charge < -0.3 is 9.73 Å². The van der Waals surface area contributed by atoms with Gasteiger partial charge in [0.05, 0.1) is 0 Å². The average molecular weight is 381 g/mol. The van der Waals surface area contributed by atoms with E-state index in [2.05, 4.69) is 5.32 Å². The Hall–Kier alpha value is -3.36. The van der Waals surface area contributed by atoms with Crippen LogP contribution in [0.25, 0.3) is 17.4 Å². The zero-order valence-electron chi connectivity index (χ0n) is 14.3. The van der Waals surface area contributed by atoms with E-state index in [9.17, 15) is 14.4 Å². The molecular formula is C21H14ClFN2O2. The van der Waals surface area contributed by atoms with Gasteiger partial charge in [0, 0.05) is 22.3 Å². The summed E-state index contributed by atoms with van der Waals surface area (Å²) in [4.78, 5) is 12.3. The summed E-state index contributed by atoms with van der Waals surface area (Å²) in [6.45, 7) is 1.85. The molecule has 1 amide bonds. The maximum atomic E-state index is 13.0. The molecule has 0 aliphatic rings. The number of anilines is 1. The van der Waals surface area contributed by atoms with Gasteiger partial charge in [0.15, 0.2) is 0 Å². The van der Waals surface area contributed by atoms with E-state index >= 15 is 0 Å². The SMILES string of the molecule is Cc1ccc(NC(=O)/C(C#N)=C/c2ccc(-c3ccc(F)cc3)o2)cc1Cl. The zero-order chi connectivity index (χ0) is 19.4. The first-order valence-corrected chi connectivity index (χ1v) is 8.39. The minimum absolute atomic E-state index is 0.119. The first kappa shape index (κ1) is 18.4. The van der Waals surface area contributed by atoms with Crippen molar-refractivity contribution in [1.82, 2.24) is 0 Å². The van der Waals surface area contributed by atoms with E-state index in [0.717, 1.165) is 5.56 Å². The van der Waals surface area contributed by atoms with E-state index in [1.54, 1.807) is 42.5 Å². The van der Waals surface area contributed by atoms with Crippen LogP contribution in [-0.4, -0.2) is 5.91 Å². The normalized spacial score (nSPS) is 11.1. The van der Waals surface area contributed by atoms with Gasteiger partial charge in [-0.2, -0.15) is 5.26 Å². The van der Waals surface area contributed by atoms with Gasteiger partial charge in [-0.25, -0.2) is 4.39 Å². The predicted molar refractivity (Wildman–Crippen MR) is 103 cm³/mol. The summed E-state index contributed by atoms with van der Waals surface area (Å²) >= 11 is 6.04. The van der Waals surface area contributed by atoms with Crippen molar-refractivity contribution in [3.05, 3.63) is 82.3 Å². The smallest absolute Gasteiger partial charge is 0.266 e. The number of carbonyl (C=O) groups excluding carboxylic acids is 1. The van der Waals surface area contributed by atoms with Crippen LogP contribution in [0.3, 0.4) is 0 Å². The number of hydrogen-bond acceptors (Lipinski definition) is 3. The second kappa shape index (κ2) is 7.90. The number of carbonyl (C=O) groups is 1. The van der Waals surface area contributed by atoms with Crippen LogP contribution in [0.5, 0.6) is 0 Å². The maximum absolute atomic E-state index is 13.0. The Kier molecular flexibility index (Phi) is 5.39. The lowest BCUT2D eigenvalue weighted by Gasteiger charge is -2.06. The van der Waals surface area contributed by atoms with E-state index in [0.29, 0.717) is 27.8 Å². The van der Waals surface area contributed by atoms with E-state index in [1.807, 2.05) is 13.0 Å². The standard InChI is InChI=1S/C21H14ClFN2O2/c1-13-2-7-17(11-19(13)22)25-21(26)15(12-24)10-18-8-9-20(27-18)14-3-5-16(23)6-4-14/h2-11H,1H3,(H,25,26)/b15-10+. The lowest BCUT2D eigenvalue weighted by Crippen LogP contribution is -2.13. The van der Waals surface area contributed by atoms with Crippen molar-refractivity contribution in [2.75, 3.05) is 5.32 Å². The van der Waals surface area contributed by atoms with Crippen molar-refractivity contribution in [2.45, 2.75) is 6.92 Å². The molecule has 0 unspecified atom stereocenters. The molecule has 1 aromatic heterocycles. The number of nitrogens with one attached hydrogen (secondary N) is 1. The van der Waals surface area contributed by atoms with Crippen molar-refractivity contribution in [2.24, 2.45) is 0 Å². The number of nitriles is 1. The largest absolute Gasteiger partial charge is 0.457 e. The Balaban J connectivity index is 1.79. The minimum atomic E-state index is -0.572. The molecule has 0 fully saturated rings. The summed E-state index contributed by atoms with van der Waals surface area (Å²) in [6.07, 6.45) is 1.35. The molecule has 0 saturated carbocycles. The number of rotatable bonds is 4. The van der Waals surface area contributed by atoms with Crippen LogP contribution in [0.1, 0.15) is 11.3 Å². The van der Waals surface area contributed by atoms with Crippen LogP contribution in [0.4, 0.5) is 10.1 Å². The fourth-order valence-corrected chi connectivity index (χ4v) is 2.54. The third-order valence-corrected chi connectivity index (χ3v) is 4.24. The Bertz CT molecular complexity index is 1060. The van der Waals surface area contributed by atoms with E-state index in [1.165, 1.54) is 18.2 Å². The van der Waals surface area contributed by atoms with Crippen LogP contribution < -0.4 is 5.32 Å². The topological polar surface area (TPSA) is 66.0 Å². The number of furan rings is 1. The van der Waals surface area contributed by atoms with E-state index < -0.39 is 5.91 Å². The summed E-state index contributed by atoms with van der Waals surface area (Å²) in [7, 11) is 0. The summed E-state index contributed by atoms with van der Waals surface area (Å²) < 4.78 is 18.6. The number of aryl methyl sites for hydroxylation is 1. The number of nitrogens with zero attached hydrogens (tertiary/aromatic N) is 1. The summed E-state index contributed by atoms with van der Waals surface area (Å²) in [5, 5.41) is 12.4. The summed E-state index contributed by atoms with van der Waals surface area (Å²) in [5.41, 5.74) is 1.94. The Morgan fingerprint density at radius 1 is 1.19 bits per heavy atom. The monoisotopic (exact) mass is 380 g/mol. The fraction of sp³-hybridized carbons (Fsp3) is 0.0476. The van der Waals surface area contributed by atoms with Crippen LogP contribution >= 0.6 is 11.6 Å². The van der Waals surface area contributed by atoms with Crippen molar-refractivity contribution in [3.63, 3.8) is 0 Å². The van der Waals surface area contributed by atoms with Crippen molar-refractivity contribution < 1.29 is 13.6 Å². The number of hydrogen-bond donors (Lipinski definition) is 1. The quantitative estimate of drug-likeness (QED) is 0.473. The summed E-state index contributed by atoms with van der Waals surface area (Å²) in [5.74, 6) is -0.0746. The van der Waals surface area contributed by atoms with Crippen LogP contribution in [0.15, 0.2) is 64.6 Å². The van der Waals surface area contributed by atoms with E-state index in [4.69, 9.17) is 16.0 Å². The average Bonchev–Trinajstić information content (AvgIpc) is 3.12. The van der Waals surface area contributed by atoms with Gasteiger partial charge in [-0.1, -0.05) is 17.7 Å². The second-order valence-corrected chi connectivity index (χ2v) is 6.20. The Labute approximate surface area is 160 Å². The van der Waals surface area contributed by atoms with Gasteiger partial charge in [-0.15, -0.1) is 0 Å². The molecule has 134 valence electrons. The lowest BCUT2D eigenvalue weighted by molar-refractivity contribution is -0.112. The molecule has 0 spiro atoms. The molecule has 0 aliphatic carbocycles. The zero-order valence-corrected chi connectivity index (χ0v) is 15.0. The highest BCUT2D eigenvalue weighted by atomic mass is 35.5. The third kappa shape index (κ3) is 4.43. The molecule has 4 nitrogen and oxygen atoms in total. The molecule has 0 saturated heterocycles. The van der Waals surface area contributed by atoms with Gasteiger partial charge in [0.2, 0.25) is 0 Å². The molecule has 0 bridgehead atoms. The van der Waals surface area contributed by atoms with Gasteiger partial charge in [-0.05, 0) is 61.0 Å². The molecule has 6 heteroatoms.